The summed E-state index contributed by atoms with van der Waals surface area (Å²) in [6.45, 7) is 1.72. The number of halogens is 6. The van der Waals surface area contributed by atoms with E-state index in [1.54, 1.807) is 4.57 Å². The SMILES string of the molecule is C[C@@H](OC[C@@]1(c2ccccc2)CC[C@](CC=O)(n2cnnc2)CN1)c1cc(C(F)(F)F)cc(C(F)(F)F)c1. The fraction of sp³-hybridized carbons (Fsp3) is 0.423. The summed E-state index contributed by atoms with van der Waals surface area (Å²) in [5, 5.41) is 11.2. The van der Waals surface area contributed by atoms with Crippen LogP contribution < -0.4 is 5.32 Å². The second kappa shape index (κ2) is 10.5. The van der Waals surface area contributed by atoms with Crippen molar-refractivity contribution in [2.75, 3.05) is 13.2 Å². The van der Waals surface area contributed by atoms with Gasteiger partial charge in [0.2, 0.25) is 0 Å². The van der Waals surface area contributed by atoms with Gasteiger partial charge in [-0.15, -0.1) is 10.2 Å². The zero-order valence-corrected chi connectivity index (χ0v) is 20.4. The lowest BCUT2D eigenvalue weighted by Crippen LogP contribution is -2.58. The number of alkyl halides is 6. The number of rotatable bonds is 8. The minimum absolute atomic E-state index is 0.0326. The maximum atomic E-state index is 13.4. The first kappa shape index (κ1) is 27.8. The Hall–Kier alpha value is -3.25. The van der Waals surface area contributed by atoms with E-state index in [2.05, 4.69) is 15.5 Å². The van der Waals surface area contributed by atoms with Crippen molar-refractivity contribution < 1.29 is 35.9 Å². The Kier molecular flexibility index (Phi) is 7.67. The van der Waals surface area contributed by atoms with Gasteiger partial charge in [0, 0.05) is 13.0 Å². The summed E-state index contributed by atoms with van der Waals surface area (Å²) in [5.74, 6) is 0. The average Bonchev–Trinajstić information content (AvgIpc) is 3.44. The number of nitrogens with zero attached hydrogens (tertiary/aromatic N) is 3. The molecule has 0 unspecified atom stereocenters. The van der Waals surface area contributed by atoms with Gasteiger partial charge in [-0.1, -0.05) is 30.3 Å². The van der Waals surface area contributed by atoms with Crippen molar-refractivity contribution in [1.82, 2.24) is 20.1 Å². The molecule has 4 rings (SSSR count). The van der Waals surface area contributed by atoms with Crippen LogP contribution in [0.4, 0.5) is 26.3 Å². The van der Waals surface area contributed by atoms with Crippen LogP contribution in [0.3, 0.4) is 0 Å². The third-order valence-corrected chi connectivity index (χ3v) is 7.19. The Morgan fingerprint density at radius 3 is 2.11 bits per heavy atom. The molecule has 38 heavy (non-hydrogen) atoms. The molecule has 1 N–H and O–H groups in total. The highest BCUT2D eigenvalue weighted by molar-refractivity contribution is 5.51. The molecule has 3 atom stereocenters. The number of carbonyl (C=O) groups excluding carboxylic acids is 1. The maximum absolute atomic E-state index is 13.4. The van der Waals surface area contributed by atoms with Crippen molar-refractivity contribution in [2.45, 2.75) is 55.7 Å². The zero-order chi connectivity index (χ0) is 27.6. The second-order valence-corrected chi connectivity index (χ2v) is 9.56. The molecule has 0 saturated carbocycles. The van der Waals surface area contributed by atoms with Crippen LogP contribution in [0, 0.1) is 0 Å². The molecule has 1 aliphatic rings. The normalized spacial score (nSPS) is 23.2. The van der Waals surface area contributed by atoms with E-state index in [0.717, 1.165) is 11.8 Å². The minimum Gasteiger partial charge on any atom is -0.372 e. The number of aldehydes is 1. The van der Waals surface area contributed by atoms with Crippen LogP contribution in [0.25, 0.3) is 0 Å². The number of piperidine rings is 1. The van der Waals surface area contributed by atoms with Gasteiger partial charge in [-0.05, 0) is 49.1 Å². The first-order valence-corrected chi connectivity index (χ1v) is 11.9. The largest absolute Gasteiger partial charge is 0.416 e. The van der Waals surface area contributed by atoms with Gasteiger partial charge < -0.3 is 19.4 Å². The zero-order valence-electron chi connectivity index (χ0n) is 20.4. The number of hydrogen-bond acceptors (Lipinski definition) is 5. The fourth-order valence-corrected chi connectivity index (χ4v) is 4.84. The summed E-state index contributed by atoms with van der Waals surface area (Å²) >= 11 is 0. The van der Waals surface area contributed by atoms with Crippen molar-refractivity contribution in [2.24, 2.45) is 0 Å². The summed E-state index contributed by atoms with van der Waals surface area (Å²) in [7, 11) is 0. The number of hydrogen-bond donors (Lipinski definition) is 1. The van der Waals surface area contributed by atoms with E-state index in [1.165, 1.54) is 19.6 Å². The summed E-state index contributed by atoms with van der Waals surface area (Å²) < 4.78 is 87.9. The van der Waals surface area contributed by atoms with Gasteiger partial charge in [0.25, 0.3) is 0 Å². The van der Waals surface area contributed by atoms with Crippen LogP contribution in [0.15, 0.2) is 61.2 Å². The Labute approximate surface area is 215 Å². The van der Waals surface area contributed by atoms with Crippen LogP contribution >= 0.6 is 0 Å². The maximum Gasteiger partial charge on any atom is 0.416 e. The summed E-state index contributed by atoms with van der Waals surface area (Å²) in [6.07, 6.45) is -5.90. The standard InChI is InChI=1S/C26H26F6N4O2/c1-18(19-11-21(25(27,28)29)13-22(12-19)26(30,31)32)38-15-24(20-5-3-2-4-6-20)8-7-23(9-10-37,14-33-24)36-16-34-35-17-36/h2-6,10-13,16-18,33H,7-9,14-15H2,1H3/t18-,23-,24-/m1/s1. The van der Waals surface area contributed by atoms with E-state index in [0.29, 0.717) is 31.5 Å². The third kappa shape index (κ3) is 5.75. The smallest absolute Gasteiger partial charge is 0.372 e. The first-order valence-electron chi connectivity index (χ1n) is 11.9. The van der Waals surface area contributed by atoms with Gasteiger partial charge >= 0.3 is 12.4 Å². The second-order valence-electron chi connectivity index (χ2n) is 9.56. The summed E-state index contributed by atoms with van der Waals surface area (Å²) in [6, 6.07) is 10.7. The van der Waals surface area contributed by atoms with Gasteiger partial charge in [-0.25, -0.2) is 0 Å². The van der Waals surface area contributed by atoms with Crippen molar-refractivity contribution >= 4 is 6.29 Å². The van der Waals surface area contributed by atoms with Crippen LogP contribution in [0.2, 0.25) is 0 Å². The monoisotopic (exact) mass is 540 g/mol. The van der Waals surface area contributed by atoms with Gasteiger partial charge in [-0.2, -0.15) is 26.3 Å². The van der Waals surface area contributed by atoms with Gasteiger partial charge in [0.15, 0.2) is 0 Å². The fourth-order valence-electron chi connectivity index (χ4n) is 4.84. The molecule has 12 heteroatoms. The molecule has 0 bridgehead atoms. The van der Waals surface area contributed by atoms with E-state index in [9.17, 15) is 31.1 Å². The third-order valence-electron chi connectivity index (χ3n) is 7.19. The van der Waals surface area contributed by atoms with Crippen LogP contribution in [0.1, 0.15) is 54.5 Å². The van der Waals surface area contributed by atoms with E-state index in [4.69, 9.17) is 4.74 Å². The topological polar surface area (TPSA) is 69.0 Å². The molecule has 2 aromatic carbocycles. The van der Waals surface area contributed by atoms with Crippen molar-refractivity contribution in [3.05, 3.63) is 83.4 Å². The molecule has 2 heterocycles. The number of carbonyl (C=O) groups is 1. The number of aromatic nitrogens is 3. The van der Waals surface area contributed by atoms with Crippen LogP contribution in [-0.4, -0.2) is 34.2 Å². The Morgan fingerprint density at radius 1 is 1.00 bits per heavy atom. The molecule has 1 fully saturated rings. The van der Waals surface area contributed by atoms with E-state index < -0.39 is 40.7 Å². The molecule has 3 aromatic rings. The average molecular weight is 541 g/mol. The Balaban J connectivity index is 1.61. The Morgan fingerprint density at radius 2 is 1.61 bits per heavy atom. The summed E-state index contributed by atoms with van der Waals surface area (Å²) in [4.78, 5) is 11.5. The van der Waals surface area contributed by atoms with Crippen molar-refractivity contribution in [3.63, 3.8) is 0 Å². The minimum atomic E-state index is -4.95. The van der Waals surface area contributed by atoms with E-state index in [1.807, 2.05) is 30.3 Å². The molecule has 1 aliphatic heterocycles. The molecule has 204 valence electrons. The summed E-state index contributed by atoms with van der Waals surface area (Å²) in [5.41, 5.74) is -3.60. The molecule has 0 amide bonds. The molecular weight excluding hydrogens is 514 g/mol. The van der Waals surface area contributed by atoms with Gasteiger partial charge in [0.05, 0.1) is 34.9 Å². The highest BCUT2D eigenvalue weighted by atomic mass is 19.4. The molecule has 6 nitrogen and oxygen atoms in total. The molecule has 0 spiro atoms. The highest BCUT2D eigenvalue weighted by Crippen LogP contribution is 2.41. The van der Waals surface area contributed by atoms with Crippen LogP contribution in [-0.2, 0) is 33.0 Å². The van der Waals surface area contributed by atoms with E-state index in [-0.39, 0.29) is 24.7 Å². The molecule has 1 saturated heterocycles. The lowest BCUT2D eigenvalue weighted by molar-refractivity contribution is -0.143. The predicted molar refractivity (Wildman–Crippen MR) is 125 cm³/mol. The van der Waals surface area contributed by atoms with Gasteiger partial charge in [0.1, 0.15) is 18.9 Å². The molecular formula is C26H26F6N4O2. The Bertz CT molecular complexity index is 1190. The number of nitrogens with one attached hydrogen (secondary N) is 1. The molecule has 1 aromatic heterocycles. The molecule has 0 radical (unpaired) electrons. The predicted octanol–water partition coefficient (Wildman–Crippen LogP) is 5.66. The van der Waals surface area contributed by atoms with Crippen LogP contribution in [0.5, 0.6) is 0 Å². The number of benzene rings is 2. The first-order chi connectivity index (χ1) is 17.9. The number of ether oxygens (including phenoxy) is 1. The highest BCUT2D eigenvalue weighted by Gasteiger charge is 2.45. The lowest BCUT2D eigenvalue weighted by Gasteiger charge is -2.47. The van der Waals surface area contributed by atoms with Crippen molar-refractivity contribution in [1.29, 1.82) is 0 Å². The van der Waals surface area contributed by atoms with Gasteiger partial charge in [-0.3, -0.25) is 0 Å². The lowest BCUT2D eigenvalue weighted by atomic mass is 9.75. The quantitative estimate of drug-likeness (QED) is 0.295. The van der Waals surface area contributed by atoms with Crippen molar-refractivity contribution in [3.8, 4) is 0 Å². The van der Waals surface area contributed by atoms with E-state index >= 15 is 0 Å². The molecule has 0 aliphatic carbocycles.